The fraction of sp³-hybridized carbons (Fsp3) is 0.786. The molecule has 1 heterocycles. The van der Waals surface area contributed by atoms with Crippen LogP contribution in [0.4, 0.5) is 0 Å². The van der Waals surface area contributed by atoms with Crippen LogP contribution >= 0.6 is 11.6 Å². The third-order valence-electron chi connectivity index (χ3n) is 3.72. The molecule has 1 aromatic rings. The van der Waals surface area contributed by atoms with Crippen LogP contribution in [-0.2, 0) is 24.6 Å². The highest BCUT2D eigenvalue weighted by molar-refractivity contribution is 6.31. The standard InChI is InChI=1S/C14H26ClN3O/c1-7-10-13(15)11(18(5)17-10)9-12(16-8-2)14(3,4)19-6/h12,16H,7-9H2,1-6H3. The van der Waals surface area contributed by atoms with Crippen LogP contribution in [0.15, 0.2) is 0 Å². The molecule has 0 saturated heterocycles. The molecular weight excluding hydrogens is 262 g/mol. The number of rotatable bonds is 7. The molecule has 0 aliphatic heterocycles. The fourth-order valence-corrected chi connectivity index (χ4v) is 2.56. The van der Waals surface area contributed by atoms with Crippen LogP contribution in [-0.4, -0.2) is 35.1 Å². The Morgan fingerprint density at radius 1 is 1.42 bits per heavy atom. The van der Waals surface area contributed by atoms with Crippen molar-refractivity contribution in [3.8, 4) is 0 Å². The van der Waals surface area contributed by atoms with E-state index in [2.05, 4.69) is 38.1 Å². The lowest BCUT2D eigenvalue weighted by Gasteiger charge is -2.33. The van der Waals surface area contributed by atoms with Crippen molar-refractivity contribution >= 4 is 11.6 Å². The highest BCUT2D eigenvalue weighted by Gasteiger charge is 2.30. The van der Waals surface area contributed by atoms with E-state index in [1.54, 1.807) is 7.11 Å². The molecule has 0 amide bonds. The van der Waals surface area contributed by atoms with E-state index in [0.717, 1.165) is 35.8 Å². The van der Waals surface area contributed by atoms with E-state index in [1.807, 2.05) is 11.7 Å². The molecule has 110 valence electrons. The summed E-state index contributed by atoms with van der Waals surface area (Å²) in [7, 11) is 3.69. The predicted octanol–water partition coefficient (Wildman–Crippen LogP) is 2.58. The normalized spacial score (nSPS) is 13.8. The molecular formula is C14H26ClN3O. The number of methoxy groups -OCH3 is 1. The highest BCUT2D eigenvalue weighted by Crippen LogP contribution is 2.25. The van der Waals surface area contributed by atoms with Crippen molar-refractivity contribution in [2.75, 3.05) is 13.7 Å². The molecule has 0 bridgehead atoms. The highest BCUT2D eigenvalue weighted by atomic mass is 35.5. The summed E-state index contributed by atoms with van der Waals surface area (Å²) in [5, 5.41) is 8.74. The molecule has 0 spiro atoms. The summed E-state index contributed by atoms with van der Waals surface area (Å²) in [5.74, 6) is 0. The minimum Gasteiger partial charge on any atom is -0.377 e. The minimum atomic E-state index is -0.254. The molecule has 0 aliphatic carbocycles. The van der Waals surface area contributed by atoms with Gasteiger partial charge in [-0.3, -0.25) is 4.68 Å². The van der Waals surface area contributed by atoms with E-state index < -0.39 is 0 Å². The second kappa shape index (κ2) is 6.73. The molecule has 1 atom stereocenters. The lowest BCUT2D eigenvalue weighted by Crippen LogP contribution is -2.49. The molecule has 0 fully saturated rings. The van der Waals surface area contributed by atoms with Gasteiger partial charge in [0.05, 0.1) is 22.0 Å². The van der Waals surface area contributed by atoms with Gasteiger partial charge in [-0.15, -0.1) is 0 Å². The number of hydrogen-bond acceptors (Lipinski definition) is 3. The first kappa shape index (κ1) is 16.5. The number of aryl methyl sites for hydroxylation is 2. The molecule has 1 unspecified atom stereocenters. The summed E-state index contributed by atoms with van der Waals surface area (Å²) >= 11 is 6.42. The molecule has 1 aromatic heterocycles. The van der Waals surface area contributed by atoms with Crippen molar-refractivity contribution in [1.29, 1.82) is 0 Å². The second-order valence-corrected chi connectivity index (χ2v) is 5.68. The lowest BCUT2D eigenvalue weighted by atomic mass is 9.94. The maximum atomic E-state index is 6.42. The Bertz CT molecular complexity index is 415. The van der Waals surface area contributed by atoms with Gasteiger partial charge < -0.3 is 10.1 Å². The van der Waals surface area contributed by atoms with Crippen LogP contribution in [0.2, 0.25) is 5.02 Å². The van der Waals surface area contributed by atoms with Crippen molar-refractivity contribution in [3.05, 3.63) is 16.4 Å². The number of nitrogens with one attached hydrogen (secondary N) is 1. The number of halogens is 1. The van der Waals surface area contributed by atoms with Crippen LogP contribution in [0, 0.1) is 0 Å². The zero-order valence-electron chi connectivity index (χ0n) is 12.9. The van der Waals surface area contributed by atoms with Gasteiger partial charge in [0, 0.05) is 26.6 Å². The van der Waals surface area contributed by atoms with Gasteiger partial charge in [-0.2, -0.15) is 5.10 Å². The Hall–Kier alpha value is -0.580. The third-order valence-corrected chi connectivity index (χ3v) is 4.15. The molecule has 19 heavy (non-hydrogen) atoms. The van der Waals surface area contributed by atoms with Crippen molar-refractivity contribution < 1.29 is 4.74 Å². The fourth-order valence-electron chi connectivity index (χ4n) is 2.19. The quantitative estimate of drug-likeness (QED) is 0.838. The van der Waals surface area contributed by atoms with Crippen molar-refractivity contribution in [2.24, 2.45) is 7.05 Å². The van der Waals surface area contributed by atoms with Crippen LogP contribution < -0.4 is 5.32 Å². The number of likely N-dealkylation sites (N-methyl/N-ethyl adjacent to an activating group) is 1. The van der Waals surface area contributed by atoms with Gasteiger partial charge in [0.25, 0.3) is 0 Å². The number of aromatic nitrogens is 2. The average Bonchev–Trinajstić information content (AvgIpc) is 2.65. The van der Waals surface area contributed by atoms with E-state index >= 15 is 0 Å². The van der Waals surface area contributed by atoms with E-state index in [4.69, 9.17) is 16.3 Å². The van der Waals surface area contributed by atoms with Gasteiger partial charge in [-0.25, -0.2) is 0 Å². The third kappa shape index (κ3) is 3.71. The number of hydrogen-bond donors (Lipinski definition) is 1. The molecule has 0 saturated carbocycles. The summed E-state index contributed by atoms with van der Waals surface area (Å²) in [6.07, 6.45) is 1.66. The van der Waals surface area contributed by atoms with Crippen LogP contribution in [0.3, 0.4) is 0 Å². The first-order chi connectivity index (χ1) is 8.87. The lowest BCUT2D eigenvalue weighted by molar-refractivity contribution is -0.0100. The predicted molar refractivity (Wildman–Crippen MR) is 79.9 cm³/mol. The van der Waals surface area contributed by atoms with E-state index in [9.17, 15) is 0 Å². The first-order valence-electron chi connectivity index (χ1n) is 6.86. The molecule has 1 rings (SSSR count). The van der Waals surface area contributed by atoms with Crippen LogP contribution in [0.5, 0.6) is 0 Å². The second-order valence-electron chi connectivity index (χ2n) is 5.31. The van der Waals surface area contributed by atoms with Gasteiger partial charge in [-0.05, 0) is 26.8 Å². The molecule has 1 N–H and O–H groups in total. The summed E-state index contributed by atoms with van der Waals surface area (Å²) in [5.41, 5.74) is 1.77. The molecule has 0 aromatic carbocycles. The zero-order valence-corrected chi connectivity index (χ0v) is 13.6. The van der Waals surface area contributed by atoms with Gasteiger partial charge in [-0.1, -0.05) is 25.4 Å². The summed E-state index contributed by atoms with van der Waals surface area (Å²) < 4.78 is 7.49. The zero-order chi connectivity index (χ0) is 14.6. The molecule has 0 radical (unpaired) electrons. The van der Waals surface area contributed by atoms with Gasteiger partial charge in [0.2, 0.25) is 0 Å². The number of ether oxygens (including phenoxy) is 1. The van der Waals surface area contributed by atoms with Crippen molar-refractivity contribution in [3.63, 3.8) is 0 Å². The molecule has 5 heteroatoms. The Morgan fingerprint density at radius 3 is 2.47 bits per heavy atom. The summed E-state index contributed by atoms with van der Waals surface area (Å²) in [6, 6.07) is 0.195. The van der Waals surface area contributed by atoms with Gasteiger partial charge in [0.15, 0.2) is 0 Å². The Balaban J connectivity index is 3.00. The topological polar surface area (TPSA) is 39.1 Å². The molecule has 4 nitrogen and oxygen atoms in total. The smallest absolute Gasteiger partial charge is 0.0850 e. The van der Waals surface area contributed by atoms with Gasteiger partial charge in [0.1, 0.15) is 0 Å². The summed E-state index contributed by atoms with van der Waals surface area (Å²) in [6.45, 7) is 9.24. The molecule has 0 aliphatic rings. The van der Waals surface area contributed by atoms with E-state index in [-0.39, 0.29) is 11.6 Å². The van der Waals surface area contributed by atoms with Crippen LogP contribution in [0.1, 0.15) is 39.1 Å². The van der Waals surface area contributed by atoms with Crippen molar-refractivity contribution in [2.45, 2.75) is 52.2 Å². The summed E-state index contributed by atoms with van der Waals surface area (Å²) in [4.78, 5) is 0. The minimum absolute atomic E-state index is 0.195. The maximum absolute atomic E-state index is 6.42. The van der Waals surface area contributed by atoms with E-state index in [1.165, 1.54) is 0 Å². The number of nitrogens with zero attached hydrogens (tertiary/aromatic N) is 2. The Kier molecular flexibility index (Phi) is 5.83. The SMILES string of the molecule is CCNC(Cc1c(Cl)c(CC)nn1C)C(C)(C)OC. The Morgan fingerprint density at radius 2 is 2.05 bits per heavy atom. The van der Waals surface area contributed by atoms with Crippen molar-refractivity contribution in [1.82, 2.24) is 15.1 Å². The Labute approximate surface area is 121 Å². The largest absolute Gasteiger partial charge is 0.377 e. The monoisotopic (exact) mass is 287 g/mol. The maximum Gasteiger partial charge on any atom is 0.0850 e. The first-order valence-corrected chi connectivity index (χ1v) is 7.23. The average molecular weight is 288 g/mol. The van der Waals surface area contributed by atoms with Gasteiger partial charge >= 0.3 is 0 Å². The van der Waals surface area contributed by atoms with E-state index in [0.29, 0.717) is 0 Å². The van der Waals surface area contributed by atoms with Crippen LogP contribution in [0.25, 0.3) is 0 Å².